The van der Waals surface area contributed by atoms with Crippen LogP contribution in [0.3, 0.4) is 0 Å². The fraction of sp³-hybridized carbons (Fsp3) is 0. The molecule has 0 saturated carbocycles. The first-order chi connectivity index (χ1) is 1.00. The van der Waals surface area contributed by atoms with Crippen molar-refractivity contribution in [1.29, 1.82) is 0 Å². The Morgan fingerprint density at radius 2 is 1.20 bits per heavy atom. The summed E-state index contributed by atoms with van der Waals surface area (Å²) < 4.78 is 0. The van der Waals surface area contributed by atoms with Crippen molar-refractivity contribution >= 4 is 70.6 Å². The Morgan fingerprint density at radius 1 is 1.20 bits per heavy atom. The van der Waals surface area contributed by atoms with Gasteiger partial charge in [-0.05, 0) is 0 Å². The number of hydrogen-bond donors (Lipinski definition) is 0. The molecule has 0 N–H and O–H groups in total. The van der Waals surface area contributed by atoms with E-state index < -0.39 is 0 Å². The van der Waals surface area contributed by atoms with Crippen LogP contribution < -0.4 is 0 Å². The second-order valence-corrected chi connectivity index (χ2v) is 0. The fourth-order valence-electron chi connectivity index (χ4n) is 0. The van der Waals surface area contributed by atoms with Gasteiger partial charge in [0.2, 0.25) is 0 Å². The van der Waals surface area contributed by atoms with Crippen LogP contribution in [0.25, 0.3) is 0 Å². The molecule has 0 atom stereocenters. The molecular formula is H6CuGaInSSe. The zero-order valence-corrected chi connectivity index (χ0v) is 4.59. The SMILES string of the molecule is S=[Se].[Cu].[GaH3].[InH3]. The van der Waals surface area contributed by atoms with Gasteiger partial charge in [0.1, 0.15) is 0 Å². The molecule has 0 aromatic heterocycles. The summed E-state index contributed by atoms with van der Waals surface area (Å²) in [5.41, 5.74) is 0. The van der Waals surface area contributed by atoms with Crippen LogP contribution in [0.5, 0.6) is 0 Å². The van der Waals surface area contributed by atoms with E-state index in [9.17, 15) is 0 Å². The Bertz CT molecular complexity index is 11.6. The Hall–Kier alpha value is 2.77. The third-order valence-corrected chi connectivity index (χ3v) is 0. The molecule has 0 amide bonds. The van der Waals surface area contributed by atoms with Gasteiger partial charge in [0.25, 0.3) is 0 Å². The van der Waals surface area contributed by atoms with Crippen molar-refractivity contribution in [2.45, 2.75) is 0 Å². The van der Waals surface area contributed by atoms with Gasteiger partial charge in [-0.15, -0.1) is 0 Å². The van der Waals surface area contributed by atoms with E-state index in [1.807, 2.05) is 0 Å². The molecule has 0 aromatic rings. The standard InChI is InChI=1S/Cu.Ga.In.SSe.6H/c;;;1-2;;;;;;. The minimum absolute atomic E-state index is 0. The van der Waals surface area contributed by atoms with Crippen molar-refractivity contribution in [3.8, 4) is 0 Å². The summed E-state index contributed by atoms with van der Waals surface area (Å²) in [6, 6.07) is 0. The van der Waals surface area contributed by atoms with Crippen LogP contribution in [-0.2, 0) is 17.1 Å². The predicted octanol–water partition coefficient (Wildman–Crippen LogP) is -2.10. The molecule has 5 heteroatoms. The Labute approximate surface area is 86.2 Å². The van der Waals surface area contributed by atoms with Crippen LogP contribution in [-0.4, -0.2) is 60.0 Å². The first-order valence-corrected chi connectivity index (χ1v) is 2.60. The normalized spacial score (nSPS) is 0.800. The van der Waals surface area contributed by atoms with E-state index in [2.05, 4.69) is 24.9 Å². The van der Waals surface area contributed by atoms with Crippen molar-refractivity contribution in [2.24, 2.45) is 0 Å². The Morgan fingerprint density at radius 3 is 1.20 bits per heavy atom. The van der Waals surface area contributed by atoms with E-state index in [1.165, 1.54) is 0 Å². The molecule has 5 heavy (non-hydrogen) atoms. The minimum atomic E-state index is 0. The van der Waals surface area contributed by atoms with Crippen LogP contribution in [0.15, 0.2) is 0 Å². The van der Waals surface area contributed by atoms with E-state index in [-0.39, 0.29) is 62.7 Å². The summed E-state index contributed by atoms with van der Waals surface area (Å²) in [7, 11) is 3.96. The summed E-state index contributed by atoms with van der Waals surface area (Å²) in [6.45, 7) is 0. The zero-order chi connectivity index (χ0) is 2.00. The van der Waals surface area contributed by atoms with Crippen LogP contribution in [0.4, 0.5) is 0 Å². The molecular weight excluding hydrogens is 359 g/mol. The van der Waals surface area contributed by atoms with Gasteiger partial charge in [-0.2, -0.15) is 0 Å². The maximum atomic E-state index is 3.96. The molecule has 0 aliphatic rings. The Balaban J connectivity index is -0.00000000167. The molecule has 0 nitrogen and oxygen atoms in total. The van der Waals surface area contributed by atoms with Crippen molar-refractivity contribution < 1.29 is 17.1 Å². The zero-order valence-electron chi connectivity index (χ0n) is 1.12. The van der Waals surface area contributed by atoms with Gasteiger partial charge < -0.3 is 0 Å². The van der Waals surface area contributed by atoms with Gasteiger partial charge in [-0.1, -0.05) is 0 Å². The molecule has 0 unspecified atom stereocenters. The summed E-state index contributed by atoms with van der Waals surface area (Å²) in [5, 5.41) is 0. The third-order valence-electron chi connectivity index (χ3n) is 0. The second kappa shape index (κ2) is 29.4. The Kier molecular flexibility index (Phi) is 147. The van der Waals surface area contributed by atoms with Gasteiger partial charge in [0, 0.05) is 17.1 Å². The van der Waals surface area contributed by atoms with Gasteiger partial charge in [0.15, 0.2) is 0 Å². The molecule has 0 aliphatic heterocycles. The summed E-state index contributed by atoms with van der Waals surface area (Å²) >= 11 is 2.21. The molecule has 0 aromatic carbocycles. The van der Waals surface area contributed by atoms with Gasteiger partial charge in [-0.3, -0.25) is 0 Å². The molecule has 0 spiro atoms. The topological polar surface area (TPSA) is 0 Å². The van der Waals surface area contributed by atoms with Crippen molar-refractivity contribution in [3.63, 3.8) is 0 Å². The van der Waals surface area contributed by atoms with E-state index in [1.54, 1.807) is 0 Å². The van der Waals surface area contributed by atoms with Crippen LogP contribution >= 0.6 is 10.6 Å². The van der Waals surface area contributed by atoms with E-state index in [0.29, 0.717) is 0 Å². The van der Waals surface area contributed by atoms with E-state index >= 15 is 0 Å². The van der Waals surface area contributed by atoms with Crippen LogP contribution in [0, 0.1) is 0 Å². The molecule has 0 heterocycles. The molecule has 0 bridgehead atoms. The molecule has 0 rings (SSSR count). The number of hydrogen-bond acceptors (Lipinski definition) is 1. The third kappa shape index (κ3) is 20.1. The molecule has 0 saturated heterocycles. The first-order valence-electron chi connectivity index (χ1n) is 0.167. The first kappa shape index (κ1) is 25.1. The van der Waals surface area contributed by atoms with Crippen molar-refractivity contribution in [2.75, 3.05) is 0 Å². The van der Waals surface area contributed by atoms with Crippen molar-refractivity contribution in [1.82, 2.24) is 0 Å². The fourth-order valence-corrected chi connectivity index (χ4v) is 0. The average molecular weight is 365 g/mol. The van der Waals surface area contributed by atoms with E-state index in [0.717, 1.165) is 0 Å². The van der Waals surface area contributed by atoms with Crippen LogP contribution in [0.1, 0.15) is 0 Å². The second-order valence-electron chi connectivity index (χ2n) is 0. The average Bonchev–Trinajstić information content (AvgIpc) is 1.00. The van der Waals surface area contributed by atoms with Gasteiger partial charge >= 0.3 is 70.6 Å². The maximum absolute atomic E-state index is 3.96. The van der Waals surface area contributed by atoms with Crippen LogP contribution in [0.2, 0.25) is 0 Å². The number of rotatable bonds is 0. The van der Waals surface area contributed by atoms with Gasteiger partial charge in [-0.25, -0.2) is 0 Å². The molecule has 1 radical (unpaired) electrons. The van der Waals surface area contributed by atoms with E-state index in [4.69, 9.17) is 0 Å². The summed E-state index contributed by atoms with van der Waals surface area (Å²) in [6.07, 6.45) is 0. The summed E-state index contributed by atoms with van der Waals surface area (Å²) in [5.74, 6) is 0. The van der Waals surface area contributed by atoms with Crippen molar-refractivity contribution in [3.05, 3.63) is 0 Å². The molecule has 0 fully saturated rings. The quantitative estimate of drug-likeness (QED) is 0.444. The monoisotopic (exact) mass is 365 g/mol. The van der Waals surface area contributed by atoms with Gasteiger partial charge in [0.05, 0.1) is 0 Å². The predicted molar refractivity (Wildman–Crippen MR) is 33.2 cm³/mol. The molecule has 35 valence electrons. The molecule has 0 aliphatic carbocycles. The summed E-state index contributed by atoms with van der Waals surface area (Å²) in [4.78, 5) is 0.